The number of nitrogens with one attached hydrogen (secondary N) is 2. The molecule has 0 fully saturated rings. The Bertz CT molecular complexity index is 1740. The van der Waals surface area contributed by atoms with Crippen LogP contribution >= 0.6 is 23.2 Å². The van der Waals surface area contributed by atoms with Crippen LogP contribution in [0.5, 0.6) is 0 Å². The van der Waals surface area contributed by atoms with Gasteiger partial charge < -0.3 is 14.9 Å². The van der Waals surface area contributed by atoms with E-state index in [1.54, 1.807) is 18.2 Å². The van der Waals surface area contributed by atoms with Gasteiger partial charge in [-0.1, -0.05) is 71.4 Å². The van der Waals surface area contributed by atoms with Gasteiger partial charge in [-0.25, -0.2) is 4.98 Å². The van der Waals surface area contributed by atoms with E-state index in [9.17, 15) is 4.79 Å². The summed E-state index contributed by atoms with van der Waals surface area (Å²) in [6, 6.07) is 17.7. The first-order valence-electron chi connectivity index (χ1n) is 12.1. The molecule has 0 saturated heterocycles. The van der Waals surface area contributed by atoms with E-state index >= 15 is 0 Å². The van der Waals surface area contributed by atoms with Gasteiger partial charge >= 0.3 is 0 Å². The largest absolute Gasteiger partial charge is 0.326 e. The number of imidazole rings is 1. The van der Waals surface area contributed by atoms with Crippen LogP contribution in [0.3, 0.4) is 0 Å². The number of pyridine rings is 1. The number of nitrogens with zero attached hydrogens (tertiary/aromatic N) is 2. The predicted octanol–water partition coefficient (Wildman–Crippen LogP) is 7.46. The van der Waals surface area contributed by atoms with Gasteiger partial charge in [-0.3, -0.25) is 4.79 Å². The van der Waals surface area contributed by atoms with Crippen molar-refractivity contribution >= 4 is 56.6 Å². The van der Waals surface area contributed by atoms with Crippen LogP contribution in [0, 0.1) is 25.7 Å². The third kappa shape index (κ3) is 4.83. The molecule has 0 saturated carbocycles. The summed E-state index contributed by atoms with van der Waals surface area (Å²) >= 11 is 12.8. The van der Waals surface area contributed by atoms with Crippen LogP contribution < -0.4 is 10.9 Å². The molecule has 5 nitrogen and oxygen atoms in total. The van der Waals surface area contributed by atoms with Crippen molar-refractivity contribution in [2.24, 2.45) is 7.05 Å². The number of hydrogen-bond donors (Lipinski definition) is 2. The first kappa shape index (κ1) is 25.0. The summed E-state index contributed by atoms with van der Waals surface area (Å²) < 4.78 is 1.86. The van der Waals surface area contributed by atoms with Gasteiger partial charge in [0.15, 0.2) is 0 Å². The average Bonchev–Trinajstić information content (AvgIpc) is 3.21. The number of aromatic nitrogens is 3. The molecule has 2 aromatic heterocycles. The number of unbranched alkanes of at least 4 members (excludes halogenated alkanes) is 1. The molecule has 0 spiro atoms. The summed E-state index contributed by atoms with van der Waals surface area (Å²) in [5.41, 5.74) is 5.70. The molecule has 0 amide bonds. The Labute approximate surface area is 225 Å². The van der Waals surface area contributed by atoms with Gasteiger partial charge in [0.25, 0.3) is 5.56 Å². The maximum Gasteiger partial charge on any atom is 0.258 e. The number of anilines is 2. The van der Waals surface area contributed by atoms with Crippen LogP contribution in [0.25, 0.3) is 21.8 Å². The number of aryl methyl sites for hydroxylation is 4. The molecule has 0 bridgehead atoms. The number of rotatable bonds is 5. The molecule has 0 aliphatic rings. The lowest BCUT2D eigenvalue weighted by atomic mass is 10.0. The number of hydrogen-bond acceptors (Lipinski definition) is 3. The second kappa shape index (κ2) is 10.3. The number of fused-ring (bicyclic) bond motifs is 3. The van der Waals surface area contributed by atoms with E-state index in [0.717, 1.165) is 41.5 Å². The Morgan fingerprint density at radius 1 is 1.05 bits per heavy atom. The van der Waals surface area contributed by atoms with E-state index in [-0.39, 0.29) is 5.56 Å². The van der Waals surface area contributed by atoms with Crippen LogP contribution in [-0.2, 0) is 13.5 Å². The van der Waals surface area contributed by atoms with Gasteiger partial charge in [0.05, 0.1) is 32.2 Å². The van der Waals surface area contributed by atoms with Crippen molar-refractivity contribution in [2.45, 2.75) is 33.1 Å². The molecule has 5 rings (SSSR count). The third-order valence-electron chi connectivity index (χ3n) is 6.67. The van der Waals surface area contributed by atoms with Gasteiger partial charge in [-0.15, -0.1) is 0 Å². The topological polar surface area (TPSA) is 62.7 Å². The summed E-state index contributed by atoms with van der Waals surface area (Å²) in [5.74, 6) is 7.18. The van der Waals surface area contributed by atoms with E-state index < -0.39 is 0 Å². The number of H-pyrrole nitrogens is 1. The summed E-state index contributed by atoms with van der Waals surface area (Å²) in [4.78, 5) is 21.0. The summed E-state index contributed by atoms with van der Waals surface area (Å²) in [7, 11) is 1.87. The van der Waals surface area contributed by atoms with Crippen LogP contribution in [0.4, 0.5) is 11.6 Å². The van der Waals surface area contributed by atoms with Crippen molar-refractivity contribution in [3.63, 3.8) is 0 Å². The maximum atomic E-state index is 13.1. The van der Waals surface area contributed by atoms with E-state index in [4.69, 9.17) is 28.2 Å². The minimum absolute atomic E-state index is 0.157. The molecular formula is C30H26Cl2N4O. The lowest BCUT2D eigenvalue weighted by molar-refractivity contribution is 0.858. The fourth-order valence-corrected chi connectivity index (χ4v) is 5.05. The molecule has 0 aliphatic heterocycles. The molecule has 2 N–H and O–H groups in total. The monoisotopic (exact) mass is 528 g/mol. The van der Waals surface area contributed by atoms with Crippen LogP contribution in [-0.4, -0.2) is 14.5 Å². The number of benzene rings is 3. The highest BCUT2D eigenvalue weighted by Crippen LogP contribution is 2.35. The first-order chi connectivity index (χ1) is 17.8. The van der Waals surface area contributed by atoms with E-state index in [2.05, 4.69) is 46.4 Å². The number of halogens is 2. The maximum absolute atomic E-state index is 13.1. The SMILES string of the molecule is Cc1[nH]c(=O)c2c(cc(C#CCCCc3ccccc3)c3nc(Nc4c(Cl)cccc4Cl)n(C)c32)c1C. The minimum atomic E-state index is -0.157. The van der Waals surface area contributed by atoms with Gasteiger partial charge in [-0.05, 0) is 61.4 Å². The van der Waals surface area contributed by atoms with Crippen molar-refractivity contribution in [3.05, 3.63) is 97.4 Å². The Morgan fingerprint density at radius 3 is 2.51 bits per heavy atom. The molecule has 3 aromatic carbocycles. The summed E-state index contributed by atoms with van der Waals surface area (Å²) in [6.07, 6.45) is 2.70. The summed E-state index contributed by atoms with van der Waals surface area (Å²) in [6.45, 7) is 3.92. The molecule has 7 heteroatoms. The van der Waals surface area contributed by atoms with Crippen molar-refractivity contribution in [1.29, 1.82) is 0 Å². The number of para-hydroxylation sites is 1. The minimum Gasteiger partial charge on any atom is -0.326 e. The van der Waals surface area contributed by atoms with Crippen LogP contribution in [0.2, 0.25) is 10.0 Å². The lowest BCUT2D eigenvalue weighted by Gasteiger charge is -2.11. The fourth-order valence-electron chi connectivity index (χ4n) is 4.56. The normalized spacial score (nSPS) is 11.1. The number of aromatic amines is 1. The highest BCUT2D eigenvalue weighted by Gasteiger charge is 2.20. The van der Waals surface area contributed by atoms with E-state index in [0.29, 0.717) is 38.1 Å². The molecule has 2 heterocycles. The smallest absolute Gasteiger partial charge is 0.258 e. The predicted molar refractivity (Wildman–Crippen MR) is 154 cm³/mol. The van der Waals surface area contributed by atoms with Crippen molar-refractivity contribution in [2.75, 3.05) is 5.32 Å². The molecule has 0 aliphatic carbocycles. The van der Waals surface area contributed by atoms with E-state index in [1.807, 2.05) is 37.6 Å². The Hall–Kier alpha value is -3.72. The standard InChI is InChI=1S/C30H26Cl2N4O/c1-18-19(2)33-29(37)25-22(18)17-21(14-9-5-8-13-20-11-6-4-7-12-20)26-28(25)36(3)30(34-26)35-27-23(31)15-10-16-24(27)32/h4,6-7,10-12,15-17H,5,8,13H2,1-3H3,(H,33,37)(H,34,35). The second-order valence-electron chi connectivity index (χ2n) is 9.11. The average molecular weight is 529 g/mol. The summed E-state index contributed by atoms with van der Waals surface area (Å²) in [5, 5.41) is 5.67. The fraction of sp³-hybridized carbons (Fsp3) is 0.200. The Balaban J connectivity index is 1.61. The quantitative estimate of drug-likeness (QED) is 0.184. The van der Waals surface area contributed by atoms with Crippen molar-refractivity contribution in [1.82, 2.24) is 14.5 Å². The first-order valence-corrected chi connectivity index (χ1v) is 12.9. The van der Waals surface area contributed by atoms with Crippen molar-refractivity contribution in [3.8, 4) is 11.8 Å². The zero-order valence-electron chi connectivity index (χ0n) is 20.9. The highest BCUT2D eigenvalue weighted by atomic mass is 35.5. The van der Waals surface area contributed by atoms with Gasteiger partial charge in [0, 0.05) is 19.2 Å². The van der Waals surface area contributed by atoms with Gasteiger partial charge in [0.2, 0.25) is 5.95 Å². The Kier molecular flexibility index (Phi) is 6.97. The molecule has 0 atom stereocenters. The molecular weight excluding hydrogens is 503 g/mol. The highest BCUT2D eigenvalue weighted by molar-refractivity contribution is 6.39. The van der Waals surface area contributed by atoms with Gasteiger partial charge in [0.1, 0.15) is 5.52 Å². The lowest BCUT2D eigenvalue weighted by Crippen LogP contribution is -2.11. The van der Waals surface area contributed by atoms with Crippen LogP contribution in [0.15, 0.2) is 59.4 Å². The van der Waals surface area contributed by atoms with Crippen LogP contribution in [0.1, 0.15) is 35.2 Å². The molecule has 37 heavy (non-hydrogen) atoms. The molecule has 0 unspecified atom stereocenters. The van der Waals surface area contributed by atoms with Gasteiger partial charge in [-0.2, -0.15) is 0 Å². The third-order valence-corrected chi connectivity index (χ3v) is 7.30. The van der Waals surface area contributed by atoms with E-state index in [1.165, 1.54) is 5.56 Å². The molecule has 0 radical (unpaired) electrons. The zero-order valence-corrected chi connectivity index (χ0v) is 22.4. The van der Waals surface area contributed by atoms with Crippen molar-refractivity contribution < 1.29 is 0 Å². The zero-order chi connectivity index (χ0) is 26.1. The molecule has 5 aromatic rings. The molecule has 186 valence electrons. The second-order valence-corrected chi connectivity index (χ2v) is 9.92. The Morgan fingerprint density at radius 2 is 1.78 bits per heavy atom.